The first kappa shape index (κ1) is 11.4. The van der Waals surface area contributed by atoms with E-state index in [0.29, 0.717) is 6.54 Å². The fourth-order valence-corrected chi connectivity index (χ4v) is 1.90. The van der Waals surface area contributed by atoms with Gasteiger partial charge in [0.25, 0.3) is 0 Å². The highest BCUT2D eigenvalue weighted by Gasteiger charge is 1.96. The lowest BCUT2D eigenvalue weighted by atomic mass is 10.0. The van der Waals surface area contributed by atoms with E-state index in [-0.39, 0.29) is 0 Å². The third-order valence-corrected chi connectivity index (χ3v) is 3.11. The van der Waals surface area contributed by atoms with E-state index in [1.165, 1.54) is 16.7 Å². The van der Waals surface area contributed by atoms with Gasteiger partial charge in [-0.25, -0.2) is 0 Å². The summed E-state index contributed by atoms with van der Waals surface area (Å²) in [5, 5.41) is 0. The van der Waals surface area contributed by atoms with Crippen molar-refractivity contribution in [3.63, 3.8) is 0 Å². The fourth-order valence-electron chi connectivity index (χ4n) is 1.63. The monoisotopic (exact) mass is 275 g/mol. The number of hydrogen-bond donors (Lipinski definition) is 1. The third kappa shape index (κ3) is 2.94. The van der Waals surface area contributed by atoms with Crippen LogP contribution in [-0.2, 0) is 13.0 Å². The Kier molecular flexibility index (Phi) is 3.75. The van der Waals surface area contributed by atoms with Crippen molar-refractivity contribution in [2.45, 2.75) is 13.0 Å². The Balaban J connectivity index is 2.11. The summed E-state index contributed by atoms with van der Waals surface area (Å²) in [4.78, 5) is 0. The molecule has 2 aromatic carbocycles. The maximum Gasteiger partial charge on any atom is 0.0178 e. The Labute approximate surface area is 104 Å². The summed E-state index contributed by atoms with van der Waals surface area (Å²) in [5.74, 6) is 0. The quantitative estimate of drug-likeness (QED) is 0.912. The van der Waals surface area contributed by atoms with Crippen molar-refractivity contribution in [3.8, 4) is 0 Å². The van der Waals surface area contributed by atoms with Crippen LogP contribution in [0.15, 0.2) is 53.0 Å². The number of benzene rings is 2. The first-order valence-electron chi connectivity index (χ1n) is 5.30. The molecule has 2 aromatic rings. The van der Waals surface area contributed by atoms with Crippen LogP contribution >= 0.6 is 15.9 Å². The summed E-state index contributed by atoms with van der Waals surface area (Å²) >= 11 is 3.44. The highest BCUT2D eigenvalue weighted by molar-refractivity contribution is 9.10. The molecule has 0 amide bonds. The average Bonchev–Trinajstić information content (AvgIpc) is 2.33. The predicted molar refractivity (Wildman–Crippen MR) is 71.3 cm³/mol. The van der Waals surface area contributed by atoms with Crippen molar-refractivity contribution >= 4 is 15.9 Å². The molecule has 82 valence electrons. The molecule has 2 rings (SSSR count). The molecule has 0 saturated heterocycles. The van der Waals surface area contributed by atoms with Gasteiger partial charge in [-0.2, -0.15) is 0 Å². The van der Waals surface area contributed by atoms with E-state index < -0.39 is 0 Å². The summed E-state index contributed by atoms with van der Waals surface area (Å²) in [5.41, 5.74) is 9.39. The van der Waals surface area contributed by atoms with Crippen LogP contribution in [0.5, 0.6) is 0 Å². The van der Waals surface area contributed by atoms with Gasteiger partial charge < -0.3 is 5.73 Å². The van der Waals surface area contributed by atoms with Gasteiger partial charge in [0.15, 0.2) is 0 Å². The molecule has 0 aliphatic rings. The van der Waals surface area contributed by atoms with Crippen LogP contribution in [-0.4, -0.2) is 0 Å². The Morgan fingerprint density at radius 3 is 1.69 bits per heavy atom. The summed E-state index contributed by atoms with van der Waals surface area (Å²) in [6.07, 6.45) is 0.970. The van der Waals surface area contributed by atoms with Gasteiger partial charge in [-0.15, -0.1) is 0 Å². The number of halogens is 1. The Hall–Kier alpha value is -1.12. The van der Waals surface area contributed by atoms with E-state index in [0.717, 1.165) is 10.9 Å². The SMILES string of the molecule is NCc1ccc(Cc2ccc(Br)cc2)cc1. The van der Waals surface area contributed by atoms with Gasteiger partial charge in [-0.1, -0.05) is 52.3 Å². The summed E-state index contributed by atoms with van der Waals surface area (Å²) in [7, 11) is 0. The maximum atomic E-state index is 5.56. The van der Waals surface area contributed by atoms with Crippen LogP contribution in [0.2, 0.25) is 0 Å². The first-order chi connectivity index (χ1) is 7.78. The number of nitrogens with two attached hydrogens (primary N) is 1. The van der Waals surface area contributed by atoms with Crippen LogP contribution < -0.4 is 5.73 Å². The molecule has 2 heteroatoms. The first-order valence-corrected chi connectivity index (χ1v) is 6.09. The zero-order valence-electron chi connectivity index (χ0n) is 8.99. The molecular formula is C14H14BrN. The van der Waals surface area contributed by atoms with Gasteiger partial charge >= 0.3 is 0 Å². The van der Waals surface area contributed by atoms with Gasteiger partial charge in [0.1, 0.15) is 0 Å². The van der Waals surface area contributed by atoms with E-state index >= 15 is 0 Å². The molecule has 0 atom stereocenters. The van der Waals surface area contributed by atoms with E-state index in [1.807, 2.05) is 0 Å². The molecule has 0 fully saturated rings. The van der Waals surface area contributed by atoms with Crippen molar-refractivity contribution in [1.82, 2.24) is 0 Å². The Morgan fingerprint density at radius 2 is 1.19 bits per heavy atom. The number of hydrogen-bond acceptors (Lipinski definition) is 1. The highest BCUT2D eigenvalue weighted by Crippen LogP contribution is 2.14. The van der Waals surface area contributed by atoms with Crippen molar-refractivity contribution in [3.05, 3.63) is 69.7 Å². The average molecular weight is 276 g/mol. The lowest BCUT2D eigenvalue weighted by Crippen LogP contribution is -1.96. The molecule has 2 N–H and O–H groups in total. The van der Waals surface area contributed by atoms with Crippen molar-refractivity contribution in [2.24, 2.45) is 5.73 Å². The lowest BCUT2D eigenvalue weighted by molar-refractivity contribution is 1.06. The summed E-state index contributed by atoms with van der Waals surface area (Å²) < 4.78 is 1.12. The molecule has 0 unspecified atom stereocenters. The van der Waals surface area contributed by atoms with Gasteiger partial charge in [-0.05, 0) is 35.2 Å². The maximum absolute atomic E-state index is 5.56. The van der Waals surface area contributed by atoms with Crippen LogP contribution in [0.1, 0.15) is 16.7 Å². The zero-order valence-corrected chi connectivity index (χ0v) is 10.6. The molecule has 0 aliphatic carbocycles. The normalized spacial score (nSPS) is 10.4. The predicted octanol–water partition coefficient (Wildman–Crippen LogP) is 3.50. The minimum Gasteiger partial charge on any atom is -0.326 e. The van der Waals surface area contributed by atoms with Crippen LogP contribution in [0.25, 0.3) is 0 Å². The minimum absolute atomic E-state index is 0.610. The van der Waals surface area contributed by atoms with Crippen LogP contribution in [0.3, 0.4) is 0 Å². The molecule has 0 saturated carbocycles. The van der Waals surface area contributed by atoms with Gasteiger partial charge in [-0.3, -0.25) is 0 Å². The molecule has 1 nitrogen and oxygen atoms in total. The lowest BCUT2D eigenvalue weighted by Gasteiger charge is -2.03. The molecule has 0 radical (unpaired) electrons. The second-order valence-corrected chi connectivity index (χ2v) is 4.74. The van der Waals surface area contributed by atoms with Crippen LogP contribution in [0.4, 0.5) is 0 Å². The number of rotatable bonds is 3. The largest absolute Gasteiger partial charge is 0.326 e. The van der Waals surface area contributed by atoms with Crippen LogP contribution in [0, 0.1) is 0 Å². The van der Waals surface area contributed by atoms with E-state index in [1.54, 1.807) is 0 Å². The van der Waals surface area contributed by atoms with E-state index in [9.17, 15) is 0 Å². The van der Waals surface area contributed by atoms with Gasteiger partial charge in [0.05, 0.1) is 0 Å². The molecule has 16 heavy (non-hydrogen) atoms. The molecule has 0 heterocycles. The highest BCUT2D eigenvalue weighted by atomic mass is 79.9. The van der Waals surface area contributed by atoms with E-state index in [2.05, 4.69) is 64.5 Å². The Morgan fingerprint density at radius 1 is 0.750 bits per heavy atom. The fraction of sp³-hybridized carbons (Fsp3) is 0.143. The standard InChI is InChI=1S/C14H14BrN/c15-14-7-5-12(6-8-14)9-11-1-3-13(10-16)4-2-11/h1-8H,9-10,16H2. The second-order valence-electron chi connectivity index (χ2n) is 3.82. The molecule has 0 bridgehead atoms. The van der Waals surface area contributed by atoms with Crippen molar-refractivity contribution < 1.29 is 0 Å². The topological polar surface area (TPSA) is 26.0 Å². The summed E-state index contributed by atoms with van der Waals surface area (Å²) in [6, 6.07) is 16.9. The van der Waals surface area contributed by atoms with Crippen molar-refractivity contribution in [2.75, 3.05) is 0 Å². The molecule has 0 aliphatic heterocycles. The zero-order chi connectivity index (χ0) is 11.4. The van der Waals surface area contributed by atoms with Gasteiger partial charge in [0.2, 0.25) is 0 Å². The molecule has 0 aromatic heterocycles. The minimum atomic E-state index is 0.610. The third-order valence-electron chi connectivity index (χ3n) is 2.58. The van der Waals surface area contributed by atoms with E-state index in [4.69, 9.17) is 5.73 Å². The van der Waals surface area contributed by atoms with Gasteiger partial charge in [0, 0.05) is 11.0 Å². The van der Waals surface area contributed by atoms with Crippen molar-refractivity contribution in [1.29, 1.82) is 0 Å². The smallest absolute Gasteiger partial charge is 0.0178 e. The summed E-state index contributed by atoms with van der Waals surface area (Å²) in [6.45, 7) is 0.610. The second kappa shape index (κ2) is 5.28. The molecular weight excluding hydrogens is 262 g/mol. The molecule has 0 spiro atoms. The Bertz CT molecular complexity index is 445.